The van der Waals surface area contributed by atoms with Gasteiger partial charge in [-0.1, -0.05) is 31.2 Å². The number of para-hydroxylation sites is 1. The van der Waals surface area contributed by atoms with Gasteiger partial charge in [-0.15, -0.1) is 0 Å². The van der Waals surface area contributed by atoms with Crippen LogP contribution in [0, 0.1) is 5.92 Å². The number of anilines is 2. The molecule has 0 unspecified atom stereocenters. The van der Waals surface area contributed by atoms with E-state index in [1.54, 1.807) is 4.90 Å². The number of amides is 1. The van der Waals surface area contributed by atoms with Gasteiger partial charge in [-0.25, -0.2) is 9.97 Å². The predicted molar refractivity (Wildman–Crippen MR) is 140 cm³/mol. The van der Waals surface area contributed by atoms with Gasteiger partial charge in [-0.05, 0) is 56.2 Å². The summed E-state index contributed by atoms with van der Waals surface area (Å²) in [5.41, 5.74) is 4.16. The minimum atomic E-state index is -0.986. The quantitative estimate of drug-likeness (QED) is 0.434. The van der Waals surface area contributed by atoms with E-state index in [0.29, 0.717) is 37.3 Å². The van der Waals surface area contributed by atoms with Gasteiger partial charge >= 0.3 is 0 Å². The molecule has 1 fully saturated rings. The molecule has 186 valence electrons. The van der Waals surface area contributed by atoms with E-state index in [1.165, 1.54) is 43.5 Å². The van der Waals surface area contributed by atoms with Crippen LogP contribution in [-0.4, -0.2) is 48.1 Å². The molecule has 1 aromatic carbocycles. The Morgan fingerprint density at radius 3 is 2.69 bits per heavy atom. The number of fused-ring (bicyclic) bond motifs is 4. The molecule has 0 saturated heterocycles. The van der Waals surface area contributed by atoms with Crippen molar-refractivity contribution in [2.75, 3.05) is 11.9 Å². The van der Waals surface area contributed by atoms with Crippen molar-refractivity contribution in [1.29, 1.82) is 0 Å². The molecule has 2 aliphatic rings. The van der Waals surface area contributed by atoms with Crippen molar-refractivity contribution in [2.24, 2.45) is 5.92 Å². The zero-order valence-electron chi connectivity index (χ0n) is 20.8. The second kappa shape index (κ2) is 9.17. The molecule has 6 rings (SSSR count). The van der Waals surface area contributed by atoms with Crippen LogP contribution < -0.4 is 5.32 Å². The lowest BCUT2D eigenvalue weighted by atomic mass is 9.87. The summed E-state index contributed by atoms with van der Waals surface area (Å²) in [6.07, 6.45) is 6.41. The fraction of sp³-hybridized carbons (Fsp3) is 0.429. The SMILES string of the molecule is C[C@H](O)C(=O)N1CCc2nc(Nc3ncc4c5ccccc5n([C@H]5CC[C@H](C)CC5)c4n3)ccc2C1. The number of aliphatic hydroxyl groups is 1. The lowest BCUT2D eigenvalue weighted by molar-refractivity contribution is -0.140. The van der Waals surface area contributed by atoms with E-state index in [1.807, 2.05) is 18.3 Å². The van der Waals surface area contributed by atoms with Gasteiger partial charge in [-0.2, -0.15) is 4.98 Å². The molecule has 0 bridgehead atoms. The lowest BCUT2D eigenvalue weighted by Crippen LogP contribution is -2.41. The van der Waals surface area contributed by atoms with Crippen LogP contribution in [-0.2, 0) is 17.8 Å². The van der Waals surface area contributed by atoms with Crippen LogP contribution in [0.5, 0.6) is 0 Å². The monoisotopic (exact) mass is 484 g/mol. The number of rotatable bonds is 4. The summed E-state index contributed by atoms with van der Waals surface area (Å²) in [6.45, 7) is 4.87. The highest BCUT2D eigenvalue weighted by molar-refractivity contribution is 6.06. The first-order valence-electron chi connectivity index (χ1n) is 13.0. The third-order valence-corrected chi connectivity index (χ3v) is 7.76. The van der Waals surface area contributed by atoms with E-state index in [0.717, 1.165) is 28.2 Å². The van der Waals surface area contributed by atoms with Crippen LogP contribution in [0.4, 0.5) is 11.8 Å². The van der Waals surface area contributed by atoms with Gasteiger partial charge < -0.3 is 19.9 Å². The number of carbonyl (C=O) groups excluding carboxylic acids is 1. The third-order valence-electron chi connectivity index (χ3n) is 7.76. The molecule has 3 aromatic heterocycles. The first-order chi connectivity index (χ1) is 17.5. The molecular weight excluding hydrogens is 452 g/mol. The van der Waals surface area contributed by atoms with Crippen LogP contribution in [0.25, 0.3) is 21.9 Å². The molecule has 2 N–H and O–H groups in total. The number of nitrogens with zero attached hydrogens (tertiary/aromatic N) is 5. The summed E-state index contributed by atoms with van der Waals surface area (Å²) < 4.78 is 2.43. The number of benzene rings is 1. The van der Waals surface area contributed by atoms with E-state index in [-0.39, 0.29) is 5.91 Å². The molecule has 1 saturated carbocycles. The van der Waals surface area contributed by atoms with Crippen LogP contribution in [0.1, 0.15) is 56.8 Å². The van der Waals surface area contributed by atoms with E-state index < -0.39 is 6.10 Å². The highest BCUT2D eigenvalue weighted by Crippen LogP contribution is 2.38. The van der Waals surface area contributed by atoms with Crippen LogP contribution >= 0.6 is 0 Å². The maximum absolute atomic E-state index is 12.2. The van der Waals surface area contributed by atoms with Crippen molar-refractivity contribution < 1.29 is 9.90 Å². The Kier molecular flexibility index (Phi) is 5.84. The zero-order valence-corrected chi connectivity index (χ0v) is 20.8. The average molecular weight is 485 g/mol. The molecule has 36 heavy (non-hydrogen) atoms. The molecule has 1 amide bonds. The fourth-order valence-electron chi connectivity index (χ4n) is 5.76. The maximum Gasteiger partial charge on any atom is 0.251 e. The number of hydrogen-bond acceptors (Lipinski definition) is 6. The molecule has 8 heteroatoms. The van der Waals surface area contributed by atoms with Crippen molar-refractivity contribution in [1.82, 2.24) is 24.4 Å². The number of pyridine rings is 1. The molecule has 4 heterocycles. The number of aliphatic hydroxyl groups excluding tert-OH is 1. The first-order valence-corrected chi connectivity index (χ1v) is 13.0. The third kappa shape index (κ3) is 4.09. The Bertz CT molecular complexity index is 1440. The Labute approximate surface area is 210 Å². The number of hydrogen-bond donors (Lipinski definition) is 2. The molecule has 0 spiro atoms. The topological polar surface area (TPSA) is 96.2 Å². The predicted octanol–water partition coefficient (Wildman–Crippen LogP) is 4.74. The van der Waals surface area contributed by atoms with E-state index in [9.17, 15) is 9.90 Å². The van der Waals surface area contributed by atoms with Crippen molar-refractivity contribution >= 4 is 39.6 Å². The summed E-state index contributed by atoms with van der Waals surface area (Å²) in [5, 5.41) is 15.2. The van der Waals surface area contributed by atoms with Crippen molar-refractivity contribution in [2.45, 2.75) is 64.6 Å². The molecule has 8 nitrogen and oxygen atoms in total. The zero-order chi connectivity index (χ0) is 24.8. The molecule has 1 aliphatic carbocycles. The Morgan fingerprint density at radius 2 is 1.89 bits per heavy atom. The van der Waals surface area contributed by atoms with Gasteiger partial charge in [0.05, 0.1) is 5.52 Å². The van der Waals surface area contributed by atoms with Gasteiger partial charge in [0.1, 0.15) is 17.6 Å². The second-order valence-corrected chi connectivity index (χ2v) is 10.3. The van der Waals surface area contributed by atoms with Gasteiger partial charge in [0.2, 0.25) is 5.95 Å². The number of nitrogens with one attached hydrogen (secondary N) is 1. The normalized spacial score (nSPS) is 20.9. The minimum Gasteiger partial charge on any atom is -0.384 e. The number of aromatic nitrogens is 4. The Morgan fingerprint density at radius 1 is 1.08 bits per heavy atom. The summed E-state index contributed by atoms with van der Waals surface area (Å²) in [4.78, 5) is 28.3. The van der Waals surface area contributed by atoms with E-state index >= 15 is 0 Å². The van der Waals surface area contributed by atoms with Gasteiger partial charge in [-0.3, -0.25) is 4.79 Å². The van der Waals surface area contributed by atoms with Crippen LogP contribution in [0.2, 0.25) is 0 Å². The molecule has 4 aromatic rings. The first kappa shape index (κ1) is 22.9. The smallest absolute Gasteiger partial charge is 0.251 e. The molecule has 1 aliphatic heterocycles. The molecular formula is C28H32N6O2. The maximum atomic E-state index is 12.2. The lowest BCUT2D eigenvalue weighted by Gasteiger charge is -2.29. The van der Waals surface area contributed by atoms with E-state index in [2.05, 4.69) is 46.1 Å². The Hall–Kier alpha value is -3.52. The molecule has 0 radical (unpaired) electrons. The fourth-order valence-corrected chi connectivity index (χ4v) is 5.76. The molecule has 1 atom stereocenters. The standard InChI is InChI=1S/C28H32N6O2/c1-17-7-10-20(11-8-17)34-24-6-4-3-5-21(24)22-15-29-28(32-26(22)34)31-25-12-9-19-16-33(27(36)18(2)35)14-13-23(19)30-25/h3-6,9,12,15,17-18,20,35H,7-8,10-11,13-14,16H2,1-2H3,(H,29,30,31,32)/t17-,18-,20-/m0/s1. The summed E-state index contributed by atoms with van der Waals surface area (Å²) in [7, 11) is 0. The van der Waals surface area contributed by atoms with Crippen molar-refractivity contribution in [3.8, 4) is 0 Å². The van der Waals surface area contributed by atoms with Crippen molar-refractivity contribution in [3.05, 3.63) is 53.9 Å². The van der Waals surface area contributed by atoms with E-state index in [4.69, 9.17) is 9.97 Å². The summed E-state index contributed by atoms with van der Waals surface area (Å²) in [5.74, 6) is 1.77. The summed E-state index contributed by atoms with van der Waals surface area (Å²) >= 11 is 0. The number of carbonyl (C=O) groups is 1. The van der Waals surface area contributed by atoms with Crippen LogP contribution in [0.15, 0.2) is 42.6 Å². The Balaban J connectivity index is 1.31. The van der Waals surface area contributed by atoms with Crippen LogP contribution in [0.3, 0.4) is 0 Å². The van der Waals surface area contributed by atoms with Gasteiger partial charge in [0.25, 0.3) is 5.91 Å². The van der Waals surface area contributed by atoms with Gasteiger partial charge in [0.15, 0.2) is 0 Å². The van der Waals surface area contributed by atoms with Crippen molar-refractivity contribution in [3.63, 3.8) is 0 Å². The largest absolute Gasteiger partial charge is 0.384 e. The second-order valence-electron chi connectivity index (χ2n) is 10.3. The minimum absolute atomic E-state index is 0.243. The average Bonchev–Trinajstić information content (AvgIpc) is 3.22. The highest BCUT2D eigenvalue weighted by atomic mass is 16.3. The highest BCUT2D eigenvalue weighted by Gasteiger charge is 2.26. The summed E-state index contributed by atoms with van der Waals surface area (Å²) in [6, 6.07) is 12.9. The van der Waals surface area contributed by atoms with Gasteiger partial charge in [0, 0.05) is 48.2 Å².